The molecule has 3 aromatic rings. The number of amides is 2. The molecule has 0 radical (unpaired) electrons. The molecule has 1 atom stereocenters. The summed E-state index contributed by atoms with van der Waals surface area (Å²) in [6.45, 7) is 6.19. The summed E-state index contributed by atoms with van der Waals surface area (Å²) in [7, 11) is 0. The Bertz CT molecular complexity index is 1100. The van der Waals surface area contributed by atoms with Crippen molar-refractivity contribution < 1.29 is 18.7 Å². The molecule has 186 valence electrons. The van der Waals surface area contributed by atoms with Gasteiger partial charge in [0.15, 0.2) is 0 Å². The zero-order valence-corrected chi connectivity index (χ0v) is 20.4. The fraction of sp³-hybridized carbons (Fsp3) is 0.407. The quantitative estimate of drug-likeness (QED) is 0.418. The van der Waals surface area contributed by atoms with Crippen molar-refractivity contribution in [3.05, 3.63) is 71.7 Å². The lowest BCUT2D eigenvalue weighted by molar-refractivity contribution is 0.0793. The first-order valence-electron chi connectivity index (χ1n) is 12.3. The first kappa shape index (κ1) is 24.7. The number of benzene rings is 2. The van der Waals surface area contributed by atoms with Crippen LogP contribution in [0.4, 0.5) is 9.18 Å². The van der Waals surface area contributed by atoms with Crippen LogP contribution in [-0.2, 0) is 17.7 Å². The van der Waals surface area contributed by atoms with E-state index in [0.29, 0.717) is 37.7 Å². The van der Waals surface area contributed by atoms with E-state index in [1.54, 1.807) is 21.7 Å². The molecule has 1 saturated heterocycles. The highest BCUT2D eigenvalue weighted by molar-refractivity contribution is 5.74. The normalized spacial score (nSPS) is 15.2. The maximum atomic E-state index is 13.5. The summed E-state index contributed by atoms with van der Waals surface area (Å²) in [6, 6.07) is 15.5. The van der Waals surface area contributed by atoms with Crippen LogP contribution in [0, 0.1) is 5.82 Å². The van der Waals surface area contributed by atoms with Gasteiger partial charge in [0.1, 0.15) is 11.6 Å². The number of carbonyl (C=O) groups excluding carboxylic acids is 1. The van der Waals surface area contributed by atoms with Crippen molar-refractivity contribution in [3.8, 4) is 17.3 Å². The Balaban J connectivity index is 1.73. The maximum Gasteiger partial charge on any atom is 0.317 e. The molecule has 1 aromatic heterocycles. The molecule has 0 saturated carbocycles. The largest absolute Gasteiger partial charge is 0.439 e. The Kier molecular flexibility index (Phi) is 8.36. The lowest BCUT2D eigenvalue weighted by atomic mass is 10.1. The van der Waals surface area contributed by atoms with E-state index in [0.717, 1.165) is 42.8 Å². The zero-order valence-electron chi connectivity index (χ0n) is 20.4. The number of aryl methyl sites for hydroxylation is 1. The molecule has 2 aromatic carbocycles. The molecule has 0 spiro atoms. The predicted molar refractivity (Wildman–Crippen MR) is 132 cm³/mol. The number of carbonyl (C=O) groups is 1. The second-order valence-electron chi connectivity index (χ2n) is 8.63. The SMILES string of the molecule is CCCNC(=O)N(Cc1c(CC)nn(-c2ccccc2)c1Oc1ccc(F)cc1)C[C@H]1CCCO1. The number of nitrogens with one attached hydrogen (secondary N) is 1. The molecule has 1 N–H and O–H groups in total. The van der Waals surface area contributed by atoms with E-state index < -0.39 is 0 Å². The summed E-state index contributed by atoms with van der Waals surface area (Å²) in [5.74, 6) is 0.674. The Hall–Kier alpha value is -3.39. The molecule has 35 heavy (non-hydrogen) atoms. The molecule has 2 heterocycles. The van der Waals surface area contributed by atoms with Crippen LogP contribution in [0.3, 0.4) is 0 Å². The Labute approximate surface area is 205 Å². The van der Waals surface area contributed by atoms with E-state index in [1.165, 1.54) is 12.1 Å². The highest BCUT2D eigenvalue weighted by Gasteiger charge is 2.27. The Morgan fingerprint density at radius 2 is 1.97 bits per heavy atom. The molecular formula is C27H33FN4O3. The average Bonchev–Trinajstić information content (AvgIpc) is 3.52. The van der Waals surface area contributed by atoms with Gasteiger partial charge in [-0.2, -0.15) is 5.10 Å². The average molecular weight is 481 g/mol. The molecule has 4 rings (SSSR count). The predicted octanol–water partition coefficient (Wildman–Crippen LogP) is 5.47. The van der Waals surface area contributed by atoms with Crippen LogP contribution >= 0.6 is 0 Å². The number of rotatable bonds is 10. The summed E-state index contributed by atoms with van der Waals surface area (Å²) in [5.41, 5.74) is 2.50. The van der Waals surface area contributed by atoms with Crippen molar-refractivity contribution >= 4 is 6.03 Å². The van der Waals surface area contributed by atoms with Crippen molar-refractivity contribution in [1.82, 2.24) is 20.0 Å². The third-order valence-electron chi connectivity index (χ3n) is 5.99. The summed E-state index contributed by atoms with van der Waals surface area (Å²) in [4.78, 5) is 14.9. The number of ether oxygens (including phenoxy) is 2. The van der Waals surface area contributed by atoms with Crippen molar-refractivity contribution in [2.75, 3.05) is 19.7 Å². The highest BCUT2D eigenvalue weighted by Crippen LogP contribution is 2.32. The lowest BCUT2D eigenvalue weighted by Crippen LogP contribution is -2.43. The van der Waals surface area contributed by atoms with Crippen LogP contribution in [0.1, 0.15) is 44.4 Å². The molecule has 1 aliphatic heterocycles. The van der Waals surface area contributed by atoms with E-state index in [4.69, 9.17) is 14.6 Å². The van der Waals surface area contributed by atoms with Crippen LogP contribution in [0.15, 0.2) is 54.6 Å². The second kappa shape index (κ2) is 11.8. The highest BCUT2D eigenvalue weighted by atomic mass is 19.1. The van der Waals surface area contributed by atoms with Crippen LogP contribution in [0.5, 0.6) is 11.6 Å². The number of aromatic nitrogens is 2. The molecule has 0 unspecified atom stereocenters. The number of urea groups is 1. The van der Waals surface area contributed by atoms with E-state index in [1.807, 2.05) is 44.2 Å². The van der Waals surface area contributed by atoms with Gasteiger partial charge in [-0.1, -0.05) is 32.0 Å². The number of hydrogen-bond acceptors (Lipinski definition) is 4. The van der Waals surface area contributed by atoms with Crippen molar-refractivity contribution in [1.29, 1.82) is 0 Å². The molecular weight excluding hydrogens is 447 g/mol. The standard InChI is InChI=1S/C27H33FN4O3/c1-3-16-29-27(33)31(18-23-11-8-17-34-23)19-24-25(4-2)30-32(21-9-6-5-7-10-21)26(24)35-22-14-12-20(28)13-15-22/h5-7,9-10,12-15,23H,3-4,8,11,16-19H2,1-2H3,(H,29,33)/t23-/m1/s1. The maximum absolute atomic E-state index is 13.5. The van der Waals surface area contributed by atoms with Crippen LogP contribution < -0.4 is 10.1 Å². The molecule has 8 heteroatoms. The number of nitrogens with zero attached hydrogens (tertiary/aromatic N) is 3. The van der Waals surface area contributed by atoms with E-state index in [-0.39, 0.29) is 18.0 Å². The fourth-order valence-electron chi connectivity index (χ4n) is 4.17. The summed E-state index contributed by atoms with van der Waals surface area (Å²) in [6.07, 6.45) is 3.46. The third-order valence-corrected chi connectivity index (χ3v) is 5.99. The van der Waals surface area contributed by atoms with Gasteiger partial charge >= 0.3 is 6.03 Å². The summed E-state index contributed by atoms with van der Waals surface area (Å²) >= 11 is 0. The van der Waals surface area contributed by atoms with Gasteiger partial charge in [0.2, 0.25) is 5.88 Å². The van der Waals surface area contributed by atoms with Gasteiger partial charge in [-0.15, -0.1) is 0 Å². The zero-order chi connectivity index (χ0) is 24.6. The van der Waals surface area contributed by atoms with Gasteiger partial charge in [-0.3, -0.25) is 0 Å². The summed E-state index contributed by atoms with van der Waals surface area (Å²) < 4.78 is 27.4. The third kappa shape index (κ3) is 6.19. The summed E-state index contributed by atoms with van der Waals surface area (Å²) in [5, 5.41) is 7.85. The van der Waals surface area contributed by atoms with E-state index in [2.05, 4.69) is 5.32 Å². The van der Waals surface area contributed by atoms with Crippen molar-refractivity contribution in [2.24, 2.45) is 0 Å². The van der Waals surface area contributed by atoms with Crippen LogP contribution in [0.2, 0.25) is 0 Å². The van der Waals surface area contributed by atoms with Gasteiger partial charge < -0.3 is 19.7 Å². The van der Waals surface area contributed by atoms with E-state index >= 15 is 0 Å². The molecule has 0 aliphatic carbocycles. The van der Waals surface area contributed by atoms with Gasteiger partial charge in [0.05, 0.1) is 29.6 Å². The number of hydrogen-bond donors (Lipinski definition) is 1. The smallest absolute Gasteiger partial charge is 0.317 e. The van der Waals surface area contributed by atoms with Crippen molar-refractivity contribution in [2.45, 2.75) is 52.2 Å². The molecule has 1 fully saturated rings. The lowest BCUT2D eigenvalue weighted by Gasteiger charge is -2.26. The first-order valence-corrected chi connectivity index (χ1v) is 12.3. The van der Waals surface area contributed by atoms with Gasteiger partial charge in [-0.25, -0.2) is 13.9 Å². The Morgan fingerprint density at radius 1 is 1.20 bits per heavy atom. The molecule has 1 aliphatic rings. The first-order chi connectivity index (χ1) is 17.1. The fourth-order valence-corrected chi connectivity index (χ4v) is 4.17. The van der Waals surface area contributed by atoms with Crippen molar-refractivity contribution in [3.63, 3.8) is 0 Å². The van der Waals surface area contributed by atoms with E-state index in [9.17, 15) is 9.18 Å². The molecule has 2 amide bonds. The van der Waals surface area contributed by atoms with Gasteiger partial charge in [0, 0.05) is 19.7 Å². The minimum absolute atomic E-state index is 0.0121. The van der Waals surface area contributed by atoms with Gasteiger partial charge in [0.25, 0.3) is 0 Å². The molecule has 7 nitrogen and oxygen atoms in total. The minimum Gasteiger partial charge on any atom is -0.439 e. The van der Waals surface area contributed by atoms with Gasteiger partial charge in [-0.05, 0) is 62.1 Å². The van der Waals surface area contributed by atoms with Crippen LogP contribution in [0.25, 0.3) is 5.69 Å². The van der Waals surface area contributed by atoms with Crippen LogP contribution in [-0.4, -0.2) is 46.5 Å². The Morgan fingerprint density at radius 3 is 2.63 bits per heavy atom. The topological polar surface area (TPSA) is 68.6 Å². The minimum atomic E-state index is -0.335. The second-order valence-corrected chi connectivity index (χ2v) is 8.63. The monoisotopic (exact) mass is 480 g/mol. The molecule has 0 bridgehead atoms. The number of halogens is 1. The number of para-hydroxylation sites is 1.